The van der Waals surface area contributed by atoms with Crippen molar-refractivity contribution in [1.29, 1.82) is 0 Å². The van der Waals surface area contributed by atoms with Gasteiger partial charge in [0.2, 0.25) is 0 Å². The molecule has 2 rings (SSSR count). The molecule has 6 heteroatoms. The van der Waals surface area contributed by atoms with E-state index >= 15 is 0 Å². The van der Waals surface area contributed by atoms with Crippen LogP contribution in [0.15, 0.2) is 6.20 Å². The Morgan fingerprint density at radius 3 is 3.06 bits per heavy atom. The molecule has 1 heterocycles. The van der Waals surface area contributed by atoms with Crippen LogP contribution >= 0.6 is 11.6 Å². The molecule has 1 atom stereocenters. The zero-order chi connectivity index (χ0) is 11.5. The van der Waals surface area contributed by atoms with Gasteiger partial charge < -0.3 is 15.2 Å². The molecule has 1 aromatic rings. The number of halogens is 1. The van der Waals surface area contributed by atoms with Crippen LogP contribution in [0.25, 0.3) is 0 Å². The number of anilines is 1. The van der Waals surface area contributed by atoms with Crippen molar-refractivity contribution in [3.05, 3.63) is 11.2 Å². The van der Waals surface area contributed by atoms with Crippen LogP contribution < -0.4 is 10.1 Å². The molecule has 1 aliphatic carbocycles. The van der Waals surface area contributed by atoms with Crippen molar-refractivity contribution in [3.8, 4) is 6.01 Å². The molecule has 5 nitrogen and oxygen atoms in total. The molecule has 2 N–H and O–H groups in total. The largest absolute Gasteiger partial charge is 0.467 e. The van der Waals surface area contributed by atoms with Crippen LogP contribution in [-0.4, -0.2) is 34.8 Å². The summed E-state index contributed by atoms with van der Waals surface area (Å²) in [7, 11) is 1.49. The molecule has 0 bridgehead atoms. The number of hydrogen-bond acceptors (Lipinski definition) is 5. The van der Waals surface area contributed by atoms with E-state index in [-0.39, 0.29) is 12.1 Å². The fourth-order valence-electron chi connectivity index (χ4n) is 1.42. The first-order valence-corrected chi connectivity index (χ1v) is 5.57. The molecule has 1 aliphatic rings. The van der Waals surface area contributed by atoms with Crippen LogP contribution in [0, 0.1) is 5.92 Å². The fourth-order valence-corrected chi connectivity index (χ4v) is 1.58. The summed E-state index contributed by atoms with van der Waals surface area (Å²) in [6.45, 7) is 0.449. The molecule has 0 aliphatic heterocycles. The Kier molecular flexibility index (Phi) is 3.46. The fraction of sp³-hybridized carbons (Fsp3) is 0.600. The van der Waals surface area contributed by atoms with E-state index in [0.29, 0.717) is 23.3 Å². The standard InChI is InChI=1S/C10H14ClN3O2/c1-16-10-13-4-7(11)9(14-10)12-5-8(15)6-2-3-6/h4,6,8,15H,2-3,5H2,1H3,(H,12,13,14). The number of rotatable bonds is 5. The lowest BCUT2D eigenvalue weighted by atomic mass is 10.2. The maximum absolute atomic E-state index is 9.69. The van der Waals surface area contributed by atoms with Crippen LogP contribution in [0.5, 0.6) is 6.01 Å². The topological polar surface area (TPSA) is 67.3 Å². The number of aromatic nitrogens is 2. The lowest BCUT2D eigenvalue weighted by molar-refractivity contribution is 0.164. The molecule has 0 saturated heterocycles. The Balaban J connectivity index is 1.96. The first-order valence-electron chi connectivity index (χ1n) is 5.19. The summed E-state index contributed by atoms with van der Waals surface area (Å²) >= 11 is 5.91. The maximum atomic E-state index is 9.69. The second-order valence-electron chi connectivity index (χ2n) is 3.84. The Labute approximate surface area is 98.8 Å². The number of nitrogens with one attached hydrogen (secondary N) is 1. The van der Waals surface area contributed by atoms with Gasteiger partial charge >= 0.3 is 6.01 Å². The Morgan fingerprint density at radius 1 is 1.69 bits per heavy atom. The molecular formula is C10H14ClN3O2. The van der Waals surface area contributed by atoms with Gasteiger partial charge in [-0.2, -0.15) is 4.98 Å². The zero-order valence-electron chi connectivity index (χ0n) is 8.98. The zero-order valence-corrected chi connectivity index (χ0v) is 9.74. The van der Waals surface area contributed by atoms with Crippen molar-refractivity contribution < 1.29 is 9.84 Å². The van der Waals surface area contributed by atoms with Gasteiger partial charge in [-0.25, -0.2) is 4.98 Å². The van der Waals surface area contributed by atoms with Crippen molar-refractivity contribution in [3.63, 3.8) is 0 Å². The molecule has 88 valence electrons. The highest BCUT2D eigenvalue weighted by molar-refractivity contribution is 6.32. The molecule has 1 saturated carbocycles. The van der Waals surface area contributed by atoms with E-state index in [2.05, 4.69) is 15.3 Å². The lowest BCUT2D eigenvalue weighted by Crippen LogP contribution is -2.22. The third-order valence-electron chi connectivity index (χ3n) is 2.55. The quantitative estimate of drug-likeness (QED) is 0.817. The second kappa shape index (κ2) is 4.84. The highest BCUT2D eigenvalue weighted by atomic mass is 35.5. The maximum Gasteiger partial charge on any atom is 0.318 e. The number of methoxy groups -OCH3 is 1. The first-order chi connectivity index (χ1) is 7.70. The van der Waals surface area contributed by atoms with Crippen LogP contribution in [0.4, 0.5) is 5.82 Å². The summed E-state index contributed by atoms with van der Waals surface area (Å²) in [5.74, 6) is 0.920. The SMILES string of the molecule is COc1ncc(Cl)c(NCC(O)C2CC2)n1. The van der Waals surface area contributed by atoms with Gasteiger partial charge in [0.15, 0.2) is 5.82 Å². The number of ether oxygens (including phenoxy) is 1. The Morgan fingerprint density at radius 2 is 2.44 bits per heavy atom. The summed E-state index contributed by atoms with van der Waals surface area (Å²) in [4.78, 5) is 7.92. The van der Waals surface area contributed by atoms with Gasteiger partial charge in [-0.3, -0.25) is 0 Å². The second-order valence-corrected chi connectivity index (χ2v) is 4.25. The van der Waals surface area contributed by atoms with Crippen molar-refractivity contribution in [2.75, 3.05) is 19.0 Å². The molecule has 1 aromatic heterocycles. The van der Waals surface area contributed by atoms with Gasteiger partial charge in [0, 0.05) is 6.54 Å². The van der Waals surface area contributed by atoms with Crippen LogP contribution in [0.1, 0.15) is 12.8 Å². The normalized spacial score (nSPS) is 16.9. The average Bonchev–Trinajstić information content (AvgIpc) is 3.11. The first kappa shape index (κ1) is 11.4. The third-order valence-corrected chi connectivity index (χ3v) is 2.83. The van der Waals surface area contributed by atoms with Gasteiger partial charge in [0.05, 0.1) is 19.4 Å². The number of hydrogen-bond donors (Lipinski definition) is 2. The van der Waals surface area contributed by atoms with Gasteiger partial charge in [-0.1, -0.05) is 11.6 Å². The molecule has 0 radical (unpaired) electrons. The minimum Gasteiger partial charge on any atom is -0.467 e. The minimum atomic E-state index is -0.336. The van der Waals surface area contributed by atoms with Crippen LogP contribution in [0.3, 0.4) is 0 Å². The average molecular weight is 244 g/mol. The highest BCUT2D eigenvalue weighted by Crippen LogP contribution is 2.32. The summed E-state index contributed by atoms with van der Waals surface area (Å²) in [5, 5.41) is 13.1. The van der Waals surface area contributed by atoms with Crippen molar-refractivity contribution in [1.82, 2.24) is 9.97 Å². The van der Waals surface area contributed by atoms with Crippen LogP contribution in [0.2, 0.25) is 5.02 Å². The lowest BCUT2D eigenvalue weighted by Gasteiger charge is -2.12. The summed E-state index contributed by atoms with van der Waals surface area (Å²) in [6, 6.07) is 0.257. The smallest absolute Gasteiger partial charge is 0.318 e. The number of aliphatic hydroxyl groups excluding tert-OH is 1. The molecule has 0 spiro atoms. The molecule has 0 aromatic carbocycles. The van der Waals surface area contributed by atoms with Gasteiger partial charge in [-0.15, -0.1) is 0 Å². The predicted molar refractivity (Wildman–Crippen MR) is 60.8 cm³/mol. The van der Waals surface area contributed by atoms with Gasteiger partial charge in [0.1, 0.15) is 5.02 Å². The number of aliphatic hydroxyl groups is 1. The van der Waals surface area contributed by atoms with E-state index in [4.69, 9.17) is 16.3 Å². The van der Waals surface area contributed by atoms with E-state index in [1.165, 1.54) is 13.3 Å². The van der Waals surface area contributed by atoms with Crippen molar-refractivity contribution in [2.45, 2.75) is 18.9 Å². The van der Waals surface area contributed by atoms with E-state index < -0.39 is 0 Å². The van der Waals surface area contributed by atoms with E-state index in [1.54, 1.807) is 0 Å². The highest BCUT2D eigenvalue weighted by Gasteiger charge is 2.29. The molecule has 1 unspecified atom stereocenters. The summed E-state index contributed by atoms with van der Waals surface area (Å²) in [5.41, 5.74) is 0. The van der Waals surface area contributed by atoms with Gasteiger partial charge in [-0.05, 0) is 18.8 Å². The van der Waals surface area contributed by atoms with E-state index in [0.717, 1.165) is 12.8 Å². The molecule has 16 heavy (non-hydrogen) atoms. The Hall–Kier alpha value is -1.07. The van der Waals surface area contributed by atoms with E-state index in [9.17, 15) is 5.11 Å². The Bertz CT molecular complexity index is 371. The predicted octanol–water partition coefficient (Wildman–Crippen LogP) is 1.32. The van der Waals surface area contributed by atoms with Crippen molar-refractivity contribution >= 4 is 17.4 Å². The summed E-state index contributed by atoms with van der Waals surface area (Å²) < 4.78 is 4.89. The minimum absolute atomic E-state index is 0.257. The monoisotopic (exact) mass is 243 g/mol. The van der Waals surface area contributed by atoms with E-state index in [1.807, 2.05) is 0 Å². The van der Waals surface area contributed by atoms with Crippen molar-refractivity contribution in [2.24, 2.45) is 5.92 Å². The number of nitrogens with zero attached hydrogens (tertiary/aromatic N) is 2. The molecule has 1 fully saturated rings. The molecular weight excluding hydrogens is 230 g/mol. The summed E-state index contributed by atoms with van der Waals surface area (Å²) in [6.07, 6.45) is 3.34. The van der Waals surface area contributed by atoms with Gasteiger partial charge in [0.25, 0.3) is 0 Å². The molecule has 0 amide bonds. The van der Waals surface area contributed by atoms with Crippen LogP contribution in [-0.2, 0) is 0 Å². The third kappa shape index (κ3) is 2.74.